The van der Waals surface area contributed by atoms with Gasteiger partial charge in [0.25, 0.3) is 0 Å². The lowest BCUT2D eigenvalue weighted by molar-refractivity contribution is 0.185. The average Bonchev–Trinajstić information content (AvgIpc) is 2.38. The highest BCUT2D eigenvalue weighted by Crippen LogP contribution is 2.11. The Hall–Kier alpha value is -1.58. The first-order valence-electron chi connectivity index (χ1n) is 5.71. The molecule has 2 rings (SSSR count). The van der Waals surface area contributed by atoms with E-state index < -0.39 is 0 Å². The highest BCUT2D eigenvalue weighted by atomic mass is 35.5. The lowest BCUT2D eigenvalue weighted by Crippen LogP contribution is -2.01. The van der Waals surface area contributed by atoms with Crippen LogP contribution in [0.15, 0.2) is 42.5 Å². The molecule has 1 aromatic carbocycles. The Kier molecular flexibility index (Phi) is 4.56. The van der Waals surface area contributed by atoms with Gasteiger partial charge < -0.3 is 10.1 Å². The number of nitrogens with zero attached hydrogens (tertiary/aromatic N) is 1. The molecule has 4 heteroatoms. The van der Waals surface area contributed by atoms with Crippen LogP contribution in [0.5, 0.6) is 0 Å². The van der Waals surface area contributed by atoms with Gasteiger partial charge in [0.05, 0.1) is 6.61 Å². The van der Waals surface area contributed by atoms with E-state index in [0.717, 1.165) is 12.4 Å². The Morgan fingerprint density at radius 3 is 2.50 bits per heavy atom. The van der Waals surface area contributed by atoms with Crippen LogP contribution in [0.4, 0.5) is 5.82 Å². The number of benzene rings is 1. The molecular weight excluding hydrogens is 248 g/mol. The van der Waals surface area contributed by atoms with Crippen LogP contribution in [0.3, 0.4) is 0 Å². The predicted molar refractivity (Wildman–Crippen MR) is 73.7 cm³/mol. The fraction of sp³-hybridized carbons (Fsp3) is 0.214. The van der Waals surface area contributed by atoms with Crippen molar-refractivity contribution in [2.24, 2.45) is 0 Å². The van der Waals surface area contributed by atoms with Crippen LogP contribution in [-0.4, -0.2) is 12.1 Å². The monoisotopic (exact) mass is 262 g/mol. The number of rotatable bonds is 5. The second kappa shape index (κ2) is 6.38. The van der Waals surface area contributed by atoms with E-state index in [1.54, 1.807) is 13.2 Å². The van der Waals surface area contributed by atoms with Crippen molar-refractivity contribution in [3.05, 3.63) is 58.7 Å². The minimum atomic E-state index is 0.496. The van der Waals surface area contributed by atoms with Crippen LogP contribution in [0.25, 0.3) is 0 Å². The number of nitrogens with one attached hydrogen (secondary N) is 1. The van der Waals surface area contributed by atoms with Gasteiger partial charge in [-0.2, -0.15) is 0 Å². The van der Waals surface area contributed by atoms with Crippen molar-refractivity contribution < 1.29 is 4.74 Å². The van der Waals surface area contributed by atoms with Gasteiger partial charge in [-0.1, -0.05) is 41.9 Å². The number of methoxy groups -OCH3 is 1. The number of hydrogen-bond donors (Lipinski definition) is 1. The summed E-state index contributed by atoms with van der Waals surface area (Å²) < 4.78 is 5.07. The van der Waals surface area contributed by atoms with E-state index in [2.05, 4.69) is 34.6 Å². The Morgan fingerprint density at radius 2 is 1.83 bits per heavy atom. The zero-order valence-electron chi connectivity index (χ0n) is 10.2. The summed E-state index contributed by atoms with van der Waals surface area (Å²) in [4.78, 5) is 4.17. The molecule has 0 amide bonds. The number of aromatic nitrogens is 1. The van der Waals surface area contributed by atoms with Crippen LogP contribution >= 0.6 is 11.6 Å². The molecule has 1 aromatic heterocycles. The largest absolute Gasteiger partial charge is 0.380 e. The summed E-state index contributed by atoms with van der Waals surface area (Å²) in [6, 6.07) is 13.8. The average molecular weight is 263 g/mol. The van der Waals surface area contributed by atoms with Gasteiger partial charge in [-0.3, -0.25) is 0 Å². The molecule has 94 valence electrons. The number of halogens is 1. The zero-order chi connectivity index (χ0) is 12.8. The third-order valence-electron chi connectivity index (χ3n) is 2.52. The summed E-state index contributed by atoms with van der Waals surface area (Å²) in [7, 11) is 1.69. The van der Waals surface area contributed by atoms with Gasteiger partial charge >= 0.3 is 0 Å². The molecule has 0 aliphatic rings. The molecule has 0 saturated heterocycles. The van der Waals surface area contributed by atoms with Crippen molar-refractivity contribution in [2.75, 3.05) is 12.4 Å². The SMILES string of the molecule is COCc1ccc(CNc2cccc(Cl)n2)cc1. The molecule has 3 nitrogen and oxygen atoms in total. The van der Waals surface area contributed by atoms with Gasteiger partial charge in [-0.25, -0.2) is 4.98 Å². The summed E-state index contributed by atoms with van der Waals surface area (Å²) in [5, 5.41) is 3.72. The molecule has 0 aliphatic heterocycles. The molecule has 1 N–H and O–H groups in total. The molecule has 0 bridgehead atoms. The Morgan fingerprint density at radius 1 is 1.11 bits per heavy atom. The van der Waals surface area contributed by atoms with Crippen molar-refractivity contribution in [3.63, 3.8) is 0 Å². The lowest BCUT2D eigenvalue weighted by Gasteiger charge is -2.06. The zero-order valence-corrected chi connectivity index (χ0v) is 10.9. The second-order valence-electron chi connectivity index (χ2n) is 3.95. The van der Waals surface area contributed by atoms with Gasteiger partial charge in [-0.15, -0.1) is 0 Å². The standard InChI is InChI=1S/C14H15ClN2O/c1-18-10-12-7-5-11(6-8-12)9-16-14-4-2-3-13(15)17-14/h2-8H,9-10H2,1H3,(H,16,17). The van der Waals surface area contributed by atoms with E-state index in [-0.39, 0.29) is 0 Å². The summed E-state index contributed by atoms with van der Waals surface area (Å²) in [6.07, 6.45) is 0. The predicted octanol–water partition coefficient (Wildman–Crippen LogP) is 3.49. The van der Waals surface area contributed by atoms with E-state index in [4.69, 9.17) is 16.3 Å². The molecule has 0 unspecified atom stereocenters. The van der Waals surface area contributed by atoms with Gasteiger partial charge in [0.2, 0.25) is 0 Å². The van der Waals surface area contributed by atoms with E-state index in [1.165, 1.54) is 11.1 Å². The quantitative estimate of drug-likeness (QED) is 0.838. The van der Waals surface area contributed by atoms with Crippen molar-refractivity contribution in [1.82, 2.24) is 4.98 Å². The minimum Gasteiger partial charge on any atom is -0.380 e. The number of pyridine rings is 1. The molecule has 0 spiro atoms. The minimum absolute atomic E-state index is 0.496. The first-order chi connectivity index (χ1) is 8.78. The molecule has 2 aromatic rings. The van der Waals surface area contributed by atoms with E-state index >= 15 is 0 Å². The Labute approximate surface area is 112 Å². The third-order valence-corrected chi connectivity index (χ3v) is 2.73. The van der Waals surface area contributed by atoms with Crippen molar-refractivity contribution in [2.45, 2.75) is 13.2 Å². The molecular formula is C14H15ClN2O. The fourth-order valence-corrected chi connectivity index (χ4v) is 1.78. The molecule has 0 saturated carbocycles. The smallest absolute Gasteiger partial charge is 0.131 e. The van der Waals surface area contributed by atoms with Crippen molar-refractivity contribution in [3.8, 4) is 0 Å². The Balaban J connectivity index is 1.93. The van der Waals surface area contributed by atoms with Crippen molar-refractivity contribution >= 4 is 17.4 Å². The fourth-order valence-electron chi connectivity index (χ4n) is 1.62. The first kappa shape index (κ1) is 12.9. The molecule has 18 heavy (non-hydrogen) atoms. The normalized spacial score (nSPS) is 10.3. The first-order valence-corrected chi connectivity index (χ1v) is 6.09. The van der Waals surface area contributed by atoms with Crippen LogP contribution in [0.2, 0.25) is 5.15 Å². The van der Waals surface area contributed by atoms with Crippen LogP contribution < -0.4 is 5.32 Å². The topological polar surface area (TPSA) is 34.1 Å². The van der Waals surface area contributed by atoms with Gasteiger partial charge in [0.15, 0.2) is 0 Å². The number of anilines is 1. The highest BCUT2D eigenvalue weighted by Gasteiger charge is 1.97. The van der Waals surface area contributed by atoms with E-state index in [1.807, 2.05) is 12.1 Å². The molecule has 0 fully saturated rings. The third kappa shape index (κ3) is 3.72. The maximum absolute atomic E-state index is 5.82. The van der Waals surface area contributed by atoms with Gasteiger partial charge in [0, 0.05) is 13.7 Å². The number of ether oxygens (including phenoxy) is 1. The van der Waals surface area contributed by atoms with Gasteiger partial charge in [-0.05, 0) is 23.3 Å². The maximum Gasteiger partial charge on any atom is 0.131 e. The van der Waals surface area contributed by atoms with E-state index in [9.17, 15) is 0 Å². The molecule has 0 atom stereocenters. The molecule has 0 aliphatic carbocycles. The lowest BCUT2D eigenvalue weighted by atomic mass is 10.1. The summed E-state index contributed by atoms with van der Waals surface area (Å²) >= 11 is 5.82. The van der Waals surface area contributed by atoms with E-state index in [0.29, 0.717) is 11.8 Å². The second-order valence-corrected chi connectivity index (χ2v) is 4.34. The van der Waals surface area contributed by atoms with Crippen molar-refractivity contribution in [1.29, 1.82) is 0 Å². The summed E-state index contributed by atoms with van der Waals surface area (Å²) in [5.74, 6) is 0.781. The maximum atomic E-state index is 5.82. The summed E-state index contributed by atoms with van der Waals surface area (Å²) in [6.45, 7) is 1.37. The number of hydrogen-bond acceptors (Lipinski definition) is 3. The molecule has 0 radical (unpaired) electrons. The van der Waals surface area contributed by atoms with Crippen LogP contribution in [0, 0.1) is 0 Å². The summed E-state index contributed by atoms with van der Waals surface area (Å²) in [5.41, 5.74) is 2.36. The Bertz CT molecular complexity index is 499. The van der Waals surface area contributed by atoms with Crippen LogP contribution in [0.1, 0.15) is 11.1 Å². The molecule has 1 heterocycles. The van der Waals surface area contributed by atoms with Crippen LogP contribution in [-0.2, 0) is 17.9 Å². The highest BCUT2D eigenvalue weighted by molar-refractivity contribution is 6.29. The van der Waals surface area contributed by atoms with Gasteiger partial charge in [0.1, 0.15) is 11.0 Å².